The molecular weight excluding hydrogens is 300 g/mol. The van der Waals surface area contributed by atoms with Gasteiger partial charge in [-0.1, -0.05) is 24.3 Å². The van der Waals surface area contributed by atoms with Gasteiger partial charge >= 0.3 is 0 Å². The highest BCUT2D eigenvalue weighted by Gasteiger charge is 2.10. The van der Waals surface area contributed by atoms with Gasteiger partial charge in [-0.15, -0.1) is 0 Å². The first-order valence-corrected chi connectivity index (χ1v) is 8.54. The average Bonchev–Trinajstić information content (AvgIpc) is 2.45. The molecule has 0 bridgehead atoms. The van der Waals surface area contributed by atoms with Crippen LogP contribution in [0.3, 0.4) is 0 Å². The Balaban J connectivity index is 1.95. The van der Waals surface area contributed by atoms with Crippen molar-refractivity contribution in [1.82, 2.24) is 0 Å². The van der Waals surface area contributed by atoms with Crippen LogP contribution in [0, 0.1) is 0 Å². The number of nitrogens with one attached hydrogen (secondary N) is 3. The van der Waals surface area contributed by atoms with Crippen LogP contribution in [0.2, 0.25) is 0 Å². The van der Waals surface area contributed by atoms with E-state index in [9.17, 15) is 8.42 Å². The number of hydrogen-bond donors (Lipinski definition) is 3. The van der Waals surface area contributed by atoms with Crippen LogP contribution < -0.4 is 20.3 Å². The Bertz CT molecular complexity index is 710. The topological polar surface area (TPSA) is 90.8 Å². The molecule has 1 heterocycles. The lowest BCUT2D eigenvalue weighted by Crippen LogP contribution is -3.04. The zero-order valence-corrected chi connectivity index (χ0v) is 13.6. The minimum Gasteiger partial charge on any atom is -0.336 e. The van der Waals surface area contributed by atoms with Crippen LogP contribution in [0.25, 0.3) is 0 Å². The molecule has 0 unspecified atom stereocenters. The Morgan fingerprint density at radius 3 is 2.23 bits per heavy atom. The second kappa shape index (κ2) is 6.87. The number of aromatic amines is 1. The standard InChI is InChI=1S/C15H20N4O2S/c1-19(2)11-13-5-3-12(4-6-13)9-17-15-8-7-14(10-18-15)22(16,20)21/h3-8,10H,9,11H2,1-2H3,(H,17,18)(H2,16,20,21)/p+2. The van der Waals surface area contributed by atoms with E-state index in [0.29, 0.717) is 6.54 Å². The summed E-state index contributed by atoms with van der Waals surface area (Å²) < 4.78 is 22.3. The third-order valence-corrected chi connectivity index (χ3v) is 4.09. The summed E-state index contributed by atoms with van der Waals surface area (Å²) in [7, 11) is 0.581. The van der Waals surface area contributed by atoms with Gasteiger partial charge in [0, 0.05) is 11.6 Å². The van der Waals surface area contributed by atoms with Crippen LogP contribution in [-0.4, -0.2) is 22.5 Å². The third kappa shape index (κ3) is 4.80. The SMILES string of the molecule is C[NH+](C)Cc1ccc(CNc2ccc(S(N)(=O)=O)c[nH+]2)cc1. The molecule has 0 radical (unpaired) electrons. The Morgan fingerprint density at radius 2 is 1.73 bits per heavy atom. The van der Waals surface area contributed by atoms with E-state index < -0.39 is 10.0 Å². The van der Waals surface area contributed by atoms with Crippen LogP contribution in [0.5, 0.6) is 0 Å². The van der Waals surface area contributed by atoms with E-state index in [2.05, 4.69) is 48.7 Å². The molecule has 2 rings (SSSR count). The molecule has 6 nitrogen and oxygen atoms in total. The largest absolute Gasteiger partial charge is 0.336 e. The number of nitrogens with two attached hydrogens (primary N) is 1. The van der Waals surface area contributed by atoms with E-state index in [4.69, 9.17) is 5.14 Å². The highest BCUT2D eigenvalue weighted by Crippen LogP contribution is 2.08. The summed E-state index contributed by atoms with van der Waals surface area (Å²) in [6.07, 6.45) is 1.38. The maximum absolute atomic E-state index is 11.2. The lowest BCUT2D eigenvalue weighted by Gasteiger charge is -2.07. The van der Waals surface area contributed by atoms with Crippen molar-refractivity contribution in [2.24, 2.45) is 5.14 Å². The maximum atomic E-state index is 11.2. The predicted octanol–water partition coefficient (Wildman–Crippen LogP) is -0.595. The Morgan fingerprint density at radius 1 is 1.09 bits per heavy atom. The number of anilines is 1. The molecular formula is C15H22N4O2S+2. The van der Waals surface area contributed by atoms with Crippen molar-refractivity contribution in [2.75, 3.05) is 19.4 Å². The van der Waals surface area contributed by atoms with Gasteiger partial charge in [0.2, 0.25) is 10.0 Å². The number of hydrogen-bond acceptors (Lipinski definition) is 3. The Kier molecular flexibility index (Phi) is 5.12. The van der Waals surface area contributed by atoms with Gasteiger partial charge in [-0.25, -0.2) is 18.5 Å². The maximum Gasteiger partial charge on any atom is 0.272 e. The Labute approximate surface area is 131 Å². The molecule has 0 aliphatic heterocycles. The summed E-state index contributed by atoms with van der Waals surface area (Å²) in [4.78, 5) is 4.33. The number of aromatic nitrogens is 1. The number of H-pyrrole nitrogens is 1. The fourth-order valence-corrected chi connectivity index (χ4v) is 2.56. The summed E-state index contributed by atoms with van der Waals surface area (Å²) in [6.45, 7) is 1.65. The van der Waals surface area contributed by atoms with Crippen LogP contribution >= 0.6 is 0 Å². The molecule has 5 N–H and O–H groups in total. The Hall–Kier alpha value is -1.96. The van der Waals surface area contributed by atoms with Crippen LogP contribution in [-0.2, 0) is 23.1 Å². The van der Waals surface area contributed by atoms with E-state index in [-0.39, 0.29) is 4.90 Å². The van der Waals surface area contributed by atoms with E-state index >= 15 is 0 Å². The van der Waals surface area contributed by atoms with Crippen LogP contribution in [0.15, 0.2) is 47.5 Å². The number of quaternary nitrogens is 1. The molecule has 0 saturated heterocycles. The minimum absolute atomic E-state index is 0.0635. The molecule has 1 aromatic carbocycles. The van der Waals surface area contributed by atoms with Crippen molar-refractivity contribution in [1.29, 1.82) is 0 Å². The molecule has 0 atom stereocenters. The molecule has 0 aliphatic carbocycles. The lowest BCUT2D eigenvalue weighted by atomic mass is 10.1. The zero-order valence-electron chi connectivity index (χ0n) is 12.8. The number of primary sulfonamides is 1. The highest BCUT2D eigenvalue weighted by molar-refractivity contribution is 7.89. The van der Waals surface area contributed by atoms with Gasteiger partial charge in [0.05, 0.1) is 14.1 Å². The van der Waals surface area contributed by atoms with Gasteiger partial charge in [0.1, 0.15) is 24.2 Å². The fraction of sp³-hybridized carbons (Fsp3) is 0.267. The first-order valence-electron chi connectivity index (χ1n) is 7.00. The van der Waals surface area contributed by atoms with Crippen molar-refractivity contribution in [2.45, 2.75) is 18.0 Å². The molecule has 0 spiro atoms. The number of rotatable bonds is 6. The monoisotopic (exact) mass is 322 g/mol. The van der Waals surface area contributed by atoms with E-state index in [1.54, 1.807) is 6.07 Å². The predicted molar refractivity (Wildman–Crippen MR) is 84.7 cm³/mol. The fourth-order valence-electron chi connectivity index (χ4n) is 2.08. The van der Waals surface area contributed by atoms with Gasteiger partial charge in [-0.05, 0) is 11.6 Å². The first kappa shape index (κ1) is 16.4. The lowest BCUT2D eigenvalue weighted by molar-refractivity contribution is -0.872. The summed E-state index contributed by atoms with van der Waals surface area (Å²) >= 11 is 0. The van der Waals surface area contributed by atoms with Crippen molar-refractivity contribution in [3.8, 4) is 0 Å². The second-order valence-corrected chi connectivity index (χ2v) is 7.10. The molecule has 0 saturated carbocycles. The molecule has 7 heteroatoms. The van der Waals surface area contributed by atoms with Crippen molar-refractivity contribution < 1.29 is 18.3 Å². The van der Waals surface area contributed by atoms with Crippen LogP contribution in [0.4, 0.5) is 5.82 Å². The van der Waals surface area contributed by atoms with Gasteiger partial charge in [0.25, 0.3) is 5.82 Å². The average molecular weight is 322 g/mol. The van der Waals surface area contributed by atoms with Crippen molar-refractivity contribution in [3.63, 3.8) is 0 Å². The quantitative estimate of drug-likeness (QED) is 0.663. The normalized spacial score (nSPS) is 11.6. The van der Waals surface area contributed by atoms with Gasteiger partial charge in [-0.2, -0.15) is 0 Å². The smallest absolute Gasteiger partial charge is 0.272 e. The molecule has 1 aromatic heterocycles. The molecule has 0 fully saturated rings. The minimum atomic E-state index is -3.66. The second-order valence-electron chi connectivity index (χ2n) is 5.54. The molecule has 0 amide bonds. The highest BCUT2D eigenvalue weighted by atomic mass is 32.2. The third-order valence-electron chi connectivity index (χ3n) is 3.18. The first-order chi connectivity index (χ1) is 10.3. The number of pyridine rings is 1. The molecule has 118 valence electrons. The molecule has 2 aromatic rings. The van der Waals surface area contributed by atoms with Crippen LogP contribution in [0.1, 0.15) is 11.1 Å². The van der Waals surface area contributed by atoms with Gasteiger partial charge in [-0.3, -0.25) is 5.32 Å². The summed E-state index contributed by atoms with van der Waals surface area (Å²) in [5.74, 6) is 0.731. The summed E-state index contributed by atoms with van der Waals surface area (Å²) in [5, 5.41) is 8.25. The zero-order chi connectivity index (χ0) is 16.2. The summed E-state index contributed by atoms with van der Waals surface area (Å²) in [6, 6.07) is 11.5. The van der Waals surface area contributed by atoms with Crippen molar-refractivity contribution >= 4 is 15.8 Å². The van der Waals surface area contributed by atoms with Crippen molar-refractivity contribution in [3.05, 3.63) is 53.7 Å². The molecule has 22 heavy (non-hydrogen) atoms. The molecule has 0 aliphatic rings. The van der Waals surface area contributed by atoms with E-state index in [0.717, 1.165) is 17.9 Å². The number of benzene rings is 1. The summed E-state index contributed by atoms with van der Waals surface area (Å²) in [5.41, 5.74) is 2.45. The van der Waals surface area contributed by atoms with Gasteiger partial charge < -0.3 is 4.90 Å². The van der Waals surface area contributed by atoms with E-state index in [1.807, 2.05) is 0 Å². The van der Waals surface area contributed by atoms with E-state index in [1.165, 1.54) is 22.7 Å². The number of sulfonamides is 1. The van der Waals surface area contributed by atoms with Gasteiger partial charge in [0.15, 0.2) is 0 Å².